The third kappa shape index (κ3) is 2.68. The van der Waals surface area contributed by atoms with Gasteiger partial charge in [0, 0.05) is 23.0 Å². The summed E-state index contributed by atoms with van der Waals surface area (Å²) in [7, 11) is 5.10. The Morgan fingerprint density at radius 2 is 1.96 bits per heavy atom. The predicted molar refractivity (Wildman–Crippen MR) is 103 cm³/mol. The van der Waals surface area contributed by atoms with Gasteiger partial charge in [-0.15, -0.1) is 0 Å². The van der Waals surface area contributed by atoms with Crippen molar-refractivity contribution < 1.29 is 19.0 Å². The van der Waals surface area contributed by atoms with Crippen LogP contribution in [0, 0.1) is 5.41 Å². The summed E-state index contributed by atoms with van der Waals surface area (Å²) in [6, 6.07) is 13.2. The van der Waals surface area contributed by atoms with E-state index in [1.165, 1.54) is 7.11 Å². The second kappa shape index (κ2) is 6.73. The van der Waals surface area contributed by atoms with Gasteiger partial charge in [-0.1, -0.05) is 23.7 Å². The largest absolute Gasteiger partial charge is 0.497 e. The first-order valence-corrected chi connectivity index (χ1v) is 9.24. The first-order chi connectivity index (χ1) is 13.0. The number of hydrogen-bond acceptors (Lipinski definition) is 5. The molecule has 2 aromatic rings. The molecule has 0 aliphatic carbocycles. The molecule has 0 radical (unpaired) electrons. The molecule has 1 saturated heterocycles. The lowest BCUT2D eigenvalue weighted by atomic mass is 9.67. The third-order valence-electron chi connectivity index (χ3n) is 5.84. The van der Waals surface area contributed by atoms with Gasteiger partial charge in [0.15, 0.2) is 0 Å². The van der Waals surface area contributed by atoms with Crippen LogP contribution in [-0.2, 0) is 9.53 Å². The highest BCUT2D eigenvalue weighted by Gasteiger charge is 2.62. The van der Waals surface area contributed by atoms with Gasteiger partial charge in [-0.3, -0.25) is 9.69 Å². The Morgan fingerprint density at radius 3 is 2.63 bits per heavy atom. The number of fused-ring (bicyclic) bond motifs is 3. The molecule has 3 atom stereocenters. The number of methoxy groups -OCH3 is 2. The molecule has 2 aromatic carbocycles. The zero-order valence-corrected chi connectivity index (χ0v) is 16.3. The molecule has 0 unspecified atom stereocenters. The molecule has 2 aliphatic heterocycles. The lowest BCUT2D eigenvalue weighted by Gasteiger charge is -2.42. The quantitative estimate of drug-likeness (QED) is 0.752. The maximum absolute atomic E-state index is 13.1. The lowest BCUT2D eigenvalue weighted by molar-refractivity contribution is -0.159. The van der Waals surface area contributed by atoms with Crippen LogP contribution < -0.4 is 9.47 Å². The molecule has 0 saturated carbocycles. The number of ether oxygens (including phenoxy) is 3. The molecule has 142 valence electrons. The van der Waals surface area contributed by atoms with E-state index in [9.17, 15) is 4.79 Å². The molecule has 6 heteroatoms. The van der Waals surface area contributed by atoms with Crippen molar-refractivity contribution in [3.63, 3.8) is 0 Å². The van der Waals surface area contributed by atoms with E-state index in [1.807, 2.05) is 49.5 Å². The molecule has 0 N–H and O–H groups in total. The lowest BCUT2D eigenvalue weighted by Crippen LogP contribution is -2.48. The van der Waals surface area contributed by atoms with E-state index in [4.69, 9.17) is 25.8 Å². The summed E-state index contributed by atoms with van der Waals surface area (Å²) in [5.74, 6) is 1.19. The minimum absolute atomic E-state index is 0.0726. The van der Waals surface area contributed by atoms with Crippen molar-refractivity contribution in [2.24, 2.45) is 5.41 Å². The van der Waals surface area contributed by atoms with Crippen LogP contribution in [0.25, 0.3) is 0 Å². The van der Waals surface area contributed by atoms with Crippen LogP contribution in [0.3, 0.4) is 0 Å². The van der Waals surface area contributed by atoms with Crippen LogP contribution >= 0.6 is 11.6 Å². The van der Waals surface area contributed by atoms with E-state index >= 15 is 0 Å². The van der Waals surface area contributed by atoms with Crippen LogP contribution in [0.4, 0.5) is 0 Å². The molecule has 0 spiro atoms. The number of rotatable bonds is 3. The predicted octanol–water partition coefficient (Wildman–Crippen LogP) is 3.67. The zero-order chi connectivity index (χ0) is 19.2. The molecule has 27 heavy (non-hydrogen) atoms. The van der Waals surface area contributed by atoms with Crippen molar-refractivity contribution in [1.29, 1.82) is 0 Å². The standard InChI is InChI=1S/C21H22ClNO4/c1-23-11-17(13-4-6-14(22)7-5-13)21(20(24)26-3)12-27-18-9-8-15(25-2)10-16(18)19(21)23/h4-10,17,19H,11-12H2,1-3H3/t17-,19+,21-/m0/s1. The average Bonchev–Trinajstić information content (AvgIpc) is 3.01. The topological polar surface area (TPSA) is 48.0 Å². The van der Waals surface area contributed by atoms with Gasteiger partial charge in [0.25, 0.3) is 0 Å². The Labute approximate surface area is 163 Å². The number of esters is 1. The van der Waals surface area contributed by atoms with Crippen LogP contribution in [0.1, 0.15) is 23.1 Å². The average molecular weight is 388 g/mol. The highest BCUT2D eigenvalue weighted by atomic mass is 35.5. The van der Waals surface area contributed by atoms with Crippen molar-refractivity contribution >= 4 is 17.6 Å². The monoisotopic (exact) mass is 387 g/mol. The fourth-order valence-corrected chi connectivity index (χ4v) is 4.76. The molecule has 2 aliphatic rings. The first kappa shape index (κ1) is 18.1. The first-order valence-electron chi connectivity index (χ1n) is 8.86. The van der Waals surface area contributed by atoms with Gasteiger partial charge in [-0.2, -0.15) is 0 Å². The minimum Gasteiger partial charge on any atom is -0.497 e. The van der Waals surface area contributed by atoms with Crippen LogP contribution in [0.15, 0.2) is 42.5 Å². The summed E-state index contributed by atoms with van der Waals surface area (Å²) in [6.45, 7) is 0.975. The van der Waals surface area contributed by atoms with Gasteiger partial charge in [0.05, 0.1) is 20.3 Å². The Kier molecular flexibility index (Phi) is 4.52. The highest BCUT2D eigenvalue weighted by Crippen LogP contribution is 2.59. The summed E-state index contributed by atoms with van der Waals surface area (Å²) in [4.78, 5) is 15.3. The number of halogens is 1. The van der Waals surface area contributed by atoms with E-state index in [2.05, 4.69) is 4.90 Å². The highest BCUT2D eigenvalue weighted by molar-refractivity contribution is 6.30. The van der Waals surface area contributed by atoms with Crippen molar-refractivity contribution in [1.82, 2.24) is 4.90 Å². The summed E-state index contributed by atoms with van der Waals surface area (Å²) >= 11 is 6.07. The van der Waals surface area contributed by atoms with Gasteiger partial charge in [-0.05, 0) is 42.9 Å². The maximum atomic E-state index is 13.1. The van der Waals surface area contributed by atoms with E-state index < -0.39 is 5.41 Å². The summed E-state index contributed by atoms with van der Waals surface area (Å²) < 4.78 is 16.8. The summed E-state index contributed by atoms with van der Waals surface area (Å²) in [5, 5.41) is 0.670. The number of carbonyl (C=O) groups is 1. The van der Waals surface area contributed by atoms with Gasteiger partial charge in [-0.25, -0.2) is 0 Å². The fraction of sp³-hybridized carbons (Fsp3) is 0.381. The van der Waals surface area contributed by atoms with Crippen LogP contribution in [0.5, 0.6) is 11.5 Å². The molecule has 0 bridgehead atoms. The SMILES string of the molecule is COC(=O)[C@]12COc3ccc(OC)cc3[C@H]1N(C)C[C@H]2c1ccc(Cl)cc1. The fourth-order valence-electron chi connectivity index (χ4n) is 4.63. The molecule has 4 rings (SSSR count). The smallest absolute Gasteiger partial charge is 0.317 e. The maximum Gasteiger partial charge on any atom is 0.317 e. The minimum atomic E-state index is -0.837. The number of carbonyl (C=O) groups excluding carboxylic acids is 1. The second-order valence-electron chi connectivity index (χ2n) is 7.17. The van der Waals surface area contributed by atoms with Crippen LogP contribution in [-0.4, -0.2) is 45.3 Å². The Balaban J connectivity index is 1.88. The van der Waals surface area contributed by atoms with E-state index in [1.54, 1.807) is 7.11 Å². The van der Waals surface area contributed by atoms with Crippen molar-refractivity contribution in [2.45, 2.75) is 12.0 Å². The Hall–Kier alpha value is -2.24. The Bertz CT molecular complexity index is 869. The molecule has 2 heterocycles. The van der Waals surface area contributed by atoms with Gasteiger partial charge >= 0.3 is 5.97 Å². The molecule has 0 aromatic heterocycles. The van der Waals surface area contributed by atoms with E-state index in [0.29, 0.717) is 11.6 Å². The Morgan fingerprint density at radius 1 is 1.22 bits per heavy atom. The number of likely N-dealkylation sites (tertiary alicyclic amines) is 1. The number of benzene rings is 2. The molecule has 1 fully saturated rings. The second-order valence-corrected chi connectivity index (χ2v) is 7.61. The van der Waals surface area contributed by atoms with Gasteiger partial charge in [0.1, 0.15) is 23.5 Å². The number of nitrogens with zero attached hydrogens (tertiary/aromatic N) is 1. The normalized spacial score (nSPS) is 26.7. The molecule has 5 nitrogen and oxygen atoms in total. The molecule has 0 amide bonds. The van der Waals surface area contributed by atoms with Gasteiger partial charge < -0.3 is 14.2 Å². The summed E-state index contributed by atoms with van der Waals surface area (Å²) in [6.07, 6.45) is 0. The van der Waals surface area contributed by atoms with E-state index in [-0.39, 0.29) is 24.5 Å². The van der Waals surface area contributed by atoms with Crippen LogP contribution in [0.2, 0.25) is 5.02 Å². The van der Waals surface area contributed by atoms with Gasteiger partial charge in [0.2, 0.25) is 0 Å². The van der Waals surface area contributed by atoms with Crippen molar-refractivity contribution in [3.8, 4) is 11.5 Å². The number of hydrogen-bond donors (Lipinski definition) is 0. The third-order valence-corrected chi connectivity index (χ3v) is 6.09. The summed E-state index contributed by atoms with van der Waals surface area (Å²) in [5.41, 5.74) is 1.16. The van der Waals surface area contributed by atoms with E-state index in [0.717, 1.165) is 22.6 Å². The zero-order valence-electron chi connectivity index (χ0n) is 15.6. The van der Waals surface area contributed by atoms with Crippen molar-refractivity contribution in [2.75, 3.05) is 34.4 Å². The molecular formula is C21H22ClNO4. The molecular weight excluding hydrogens is 366 g/mol. The van der Waals surface area contributed by atoms with Crippen molar-refractivity contribution in [3.05, 3.63) is 58.6 Å². The number of likely N-dealkylation sites (N-methyl/N-ethyl adjacent to an activating group) is 1.